The van der Waals surface area contributed by atoms with E-state index < -0.39 is 58.8 Å². The molecule has 10 N–H and O–H groups in total. The van der Waals surface area contributed by atoms with Crippen LogP contribution in [0.1, 0.15) is 161 Å². The molecule has 20 heteroatoms. The van der Waals surface area contributed by atoms with Gasteiger partial charge >= 0.3 is 0 Å². The molecule has 0 aliphatic carbocycles. The Morgan fingerprint density at radius 3 is 0.635 bits per heavy atom. The highest BCUT2D eigenvalue weighted by molar-refractivity contribution is 6.18. The van der Waals surface area contributed by atoms with E-state index in [9.17, 15) is 29.4 Å². The number of nitrogens with one attached hydrogen (secondary N) is 8. The summed E-state index contributed by atoms with van der Waals surface area (Å²) in [5.41, 5.74) is 9.41. The molecule has 0 saturated carbocycles. The van der Waals surface area contributed by atoms with Gasteiger partial charge in [-0.25, -0.2) is 0 Å². The van der Waals surface area contributed by atoms with Gasteiger partial charge in [0.05, 0.1) is 44.5 Å². The van der Waals surface area contributed by atoms with Gasteiger partial charge in [0, 0.05) is 56.6 Å². The van der Waals surface area contributed by atoms with Gasteiger partial charge in [0.25, 0.3) is 47.3 Å². The van der Waals surface area contributed by atoms with Crippen molar-refractivity contribution in [3.05, 3.63) is 268 Å². The Balaban J connectivity index is 1.04. The maximum Gasteiger partial charge on any atom is 0.259 e. The number of benzene rings is 10. The number of anilines is 8. The second kappa shape index (κ2) is 28.5. The van der Waals surface area contributed by atoms with Crippen molar-refractivity contribution in [1.29, 1.82) is 0 Å². The SMILES string of the molecule is Cc1cc2c(O)c(c1)C(=O)Nc1cc(c(C)cc1C)NC(=O)c1cc(C)cc3c1OC#Cc1ccc(cc1)-c1ccc(cc1)C#COc1c(cc(C)cc1C(=O)Nc1cc(c(C)cc1C)NC(=O)c1cc(C)cc(c1O)C(=O)Nc1cc(c(C)cc1C)NC3=O)C(=O)Nc1cc(c(C)cc1C)NC2=O. The standard InChI is InChI=1S/C84H70N8O12/c1-41-25-57-73(93)58(26-41)78(96)86-66-38-70(50(10)34-46(66)6)90-82(100)62-30-44(4)32-64-76(62)104-24-22-54-15-19-56(20-16-54)55-17-13-53(14-18-55)21-23-103-75-61(81(99)89-69-37-65(85-77(57)95)45(5)33-49(69)9)29-43(3)31-63(75)83(101)91-71-39-67(47(7)35-51(71)11)87-79(97)59-27-42(2)28-60(74(59)94)80(98)88-68-40-72(92-84(64)102)52(12)36-48(68)8/h13-20,25-40,93-94H,1-12H3,(H,85,95)(H,86,96)(H,87,97)(H,88,98)(H,89,99)(H,90,100)(H,91,101)(H,92,102). The van der Waals surface area contributed by atoms with Crippen LogP contribution in [0.5, 0.6) is 23.0 Å². The van der Waals surface area contributed by atoms with E-state index in [1.54, 1.807) is 132 Å². The molecule has 8 amide bonds. The largest absolute Gasteiger partial charge is 0.506 e. The molecule has 0 radical (unpaired) electrons. The van der Waals surface area contributed by atoms with Crippen LogP contribution in [0.4, 0.5) is 45.5 Å². The highest BCUT2D eigenvalue weighted by Crippen LogP contribution is 2.38. The van der Waals surface area contributed by atoms with Crippen LogP contribution >= 0.6 is 0 Å². The van der Waals surface area contributed by atoms with Crippen LogP contribution in [0, 0.1) is 107 Å². The molecule has 6 aliphatic rings. The Morgan fingerprint density at radius 2 is 0.433 bits per heavy atom. The summed E-state index contributed by atoms with van der Waals surface area (Å²) in [5.74, 6) is -1.89. The number of phenols is 2. The molecule has 18 bridgehead atoms. The lowest BCUT2D eigenvalue weighted by atomic mass is 10.0. The van der Waals surface area contributed by atoms with Crippen molar-refractivity contribution in [1.82, 2.24) is 0 Å². The van der Waals surface area contributed by atoms with E-state index in [0.717, 1.165) is 11.1 Å². The van der Waals surface area contributed by atoms with Crippen molar-refractivity contribution in [3.63, 3.8) is 0 Å². The predicted octanol–water partition coefficient (Wildman–Crippen LogP) is 15.9. The summed E-state index contributed by atoms with van der Waals surface area (Å²) >= 11 is 0. The van der Waals surface area contributed by atoms with Crippen molar-refractivity contribution in [2.24, 2.45) is 0 Å². The quantitative estimate of drug-likeness (QED) is 0.0634. The summed E-state index contributed by atoms with van der Waals surface area (Å²) in [4.78, 5) is 118. The molecule has 0 fully saturated rings. The second-order valence-corrected chi connectivity index (χ2v) is 26.2. The van der Waals surface area contributed by atoms with E-state index in [-0.39, 0.29) is 102 Å². The lowest BCUT2D eigenvalue weighted by molar-refractivity contribution is 0.100. The smallest absolute Gasteiger partial charge is 0.259 e. The zero-order valence-electron chi connectivity index (χ0n) is 58.8. The number of carbonyl (C=O) groups excluding carboxylic acids is 8. The summed E-state index contributed by atoms with van der Waals surface area (Å²) < 4.78 is 12.5. The van der Waals surface area contributed by atoms with Crippen molar-refractivity contribution >= 4 is 92.8 Å². The average molecular weight is 1380 g/mol. The van der Waals surface area contributed by atoms with E-state index >= 15 is 19.2 Å². The number of hydrogen-bond acceptors (Lipinski definition) is 12. The van der Waals surface area contributed by atoms with E-state index in [1.165, 1.54) is 72.8 Å². The van der Waals surface area contributed by atoms with Gasteiger partial charge in [-0.05, 0) is 270 Å². The Bertz CT molecular complexity index is 4960. The fourth-order valence-electron chi connectivity index (χ4n) is 12.5. The zero-order chi connectivity index (χ0) is 74.3. The average Bonchev–Trinajstić information content (AvgIpc) is 0.802. The van der Waals surface area contributed by atoms with Crippen LogP contribution in [0.25, 0.3) is 11.1 Å². The second-order valence-electron chi connectivity index (χ2n) is 26.2. The Morgan fingerprint density at radius 1 is 0.250 bits per heavy atom. The number of aromatic hydroxyl groups is 2. The number of phenolic OH excluding ortho intramolecular Hbond substituents is 2. The summed E-state index contributed by atoms with van der Waals surface area (Å²) in [7, 11) is 0. The van der Waals surface area contributed by atoms with Gasteiger partial charge in [-0.2, -0.15) is 0 Å². The van der Waals surface area contributed by atoms with E-state index in [4.69, 9.17) is 9.47 Å². The molecule has 0 unspecified atom stereocenters. The van der Waals surface area contributed by atoms with Crippen LogP contribution in [0.3, 0.4) is 0 Å². The summed E-state index contributed by atoms with van der Waals surface area (Å²) in [6.45, 7) is 20.6. The fourth-order valence-corrected chi connectivity index (χ4v) is 12.5. The minimum absolute atomic E-state index is 0.108. The number of ether oxygens (including phenoxy) is 2. The van der Waals surface area contributed by atoms with Crippen LogP contribution in [-0.4, -0.2) is 57.5 Å². The molecule has 6 heterocycles. The molecule has 10 aromatic carbocycles. The first-order chi connectivity index (χ1) is 49.5. The summed E-state index contributed by atoms with van der Waals surface area (Å²) in [6.07, 6.45) is 5.43. The Hall–Kier alpha value is -13.7. The van der Waals surface area contributed by atoms with Gasteiger partial charge < -0.3 is 62.2 Å². The molecule has 0 aromatic heterocycles. The number of amides is 8. The highest BCUT2D eigenvalue weighted by Gasteiger charge is 2.29. The van der Waals surface area contributed by atoms with Gasteiger partial charge in [0.2, 0.25) is 0 Å². The molecular formula is C84H70N8O12. The van der Waals surface area contributed by atoms with Crippen LogP contribution in [-0.2, 0) is 0 Å². The molecule has 10 aromatic rings. The molecular weight excluding hydrogens is 1310 g/mol. The molecule has 104 heavy (non-hydrogen) atoms. The van der Waals surface area contributed by atoms with Crippen molar-refractivity contribution < 1.29 is 58.0 Å². The normalized spacial score (nSPS) is 13.2. The van der Waals surface area contributed by atoms with E-state index in [1.807, 2.05) is 24.3 Å². The zero-order valence-corrected chi connectivity index (χ0v) is 58.8. The molecule has 16 rings (SSSR count). The molecule has 0 spiro atoms. The third-order valence-electron chi connectivity index (χ3n) is 18.0. The van der Waals surface area contributed by atoms with Crippen LogP contribution in [0.15, 0.2) is 146 Å². The molecule has 0 atom stereocenters. The van der Waals surface area contributed by atoms with Gasteiger partial charge in [-0.1, -0.05) is 48.5 Å². The third-order valence-corrected chi connectivity index (χ3v) is 18.0. The highest BCUT2D eigenvalue weighted by atomic mass is 16.5. The van der Waals surface area contributed by atoms with Gasteiger partial charge in [0.15, 0.2) is 11.5 Å². The summed E-state index contributed by atoms with van der Waals surface area (Å²) in [5, 5.41) is 47.0. The topological polar surface area (TPSA) is 292 Å². The number of rotatable bonds is 0. The first-order valence-corrected chi connectivity index (χ1v) is 33.0. The lowest BCUT2D eigenvalue weighted by Gasteiger charge is -2.19. The minimum atomic E-state index is -0.798. The number of carbonyl (C=O) groups is 8. The Kier molecular flexibility index (Phi) is 19.2. The van der Waals surface area contributed by atoms with Crippen molar-refractivity contribution in [3.8, 4) is 58.2 Å². The third kappa shape index (κ3) is 14.6. The first-order valence-electron chi connectivity index (χ1n) is 33.0. The van der Waals surface area contributed by atoms with Gasteiger partial charge in [0.1, 0.15) is 23.7 Å². The van der Waals surface area contributed by atoms with Crippen molar-refractivity contribution in [2.45, 2.75) is 83.1 Å². The Labute approximate surface area is 599 Å². The first kappa shape index (κ1) is 70.2. The van der Waals surface area contributed by atoms with E-state index in [0.29, 0.717) is 77.9 Å². The predicted molar refractivity (Wildman–Crippen MR) is 402 cm³/mol. The lowest BCUT2D eigenvalue weighted by Crippen LogP contribution is -2.20. The molecule has 518 valence electrons. The fraction of sp³-hybridized carbons (Fsp3) is 0.143. The maximum atomic E-state index is 15.0. The van der Waals surface area contributed by atoms with Crippen LogP contribution in [0.2, 0.25) is 0 Å². The van der Waals surface area contributed by atoms with Crippen molar-refractivity contribution in [2.75, 3.05) is 42.5 Å². The molecule has 0 saturated heterocycles. The maximum absolute atomic E-state index is 15.0. The molecule has 20 nitrogen and oxygen atoms in total. The number of aryl methyl sites for hydroxylation is 12. The minimum Gasteiger partial charge on any atom is -0.506 e. The monoisotopic (exact) mass is 1380 g/mol. The van der Waals surface area contributed by atoms with Gasteiger partial charge in [-0.15, -0.1) is 0 Å². The van der Waals surface area contributed by atoms with E-state index in [2.05, 4.69) is 66.6 Å². The summed E-state index contributed by atoms with van der Waals surface area (Å²) in [6, 6.07) is 39.3. The molecule has 6 aliphatic heterocycles. The number of hydrogen-bond donors (Lipinski definition) is 10. The van der Waals surface area contributed by atoms with Gasteiger partial charge in [-0.3, -0.25) is 38.4 Å². The van der Waals surface area contributed by atoms with Crippen LogP contribution < -0.4 is 52.0 Å².